The second-order valence-electron chi connectivity index (χ2n) is 5.46. The quantitative estimate of drug-likeness (QED) is 0.320. The summed E-state index contributed by atoms with van der Waals surface area (Å²) in [6.45, 7) is -0.178. The average molecular weight is 377 g/mol. The predicted molar refractivity (Wildman–Crippen MR) is 86.2 cm³/mol. The first-order valence-corrected chi connectivity index (χ1v) is 9.28. The van der Waals surface area contributed by atoms with Gasteiger partial charge in [0.15, 0.2) is 0 Å². The molecule has 24 heavy (non-hydrogen) atoms. The number of benzene rings is 1. The number of carbonyl (C=O) groups is 1. The van der Waals surface area contributed by atoms with Crippen LogP contribution in [0.3, 0.4) is 0 Å². The summed E-state index contributed by atoms with van der Waals surface area (Å²) in [5.41, 5.74) is -0.209. The van der Waals surface area contributed by atoms with Crippen LogP contribution in [0.25, 0.3) is 0 Å². The summed E-state index contributed by atoms with van der Waals surface area (Å²) in [7, 11) is -4.04. The number of nitro groups is 1. The molecule has 2 atom stereocenters. The molecule has 10 heteroatoms. The van der Waals surface area contributed by atoms with Crippen molar-refractivity contribution in [1.82, 2.24) is 5.32 Å². The highest BCUT2D eigenvalue weighted by molar-refractivity contribution is 7.86. The van der Waals surface area contributed by atoms with E-state index in [-0.39, 0.29) is 35.1 Å². The van der Waals surface area contributed by atoms with Crippen molar-refractivity contribution in [2.24, 2.45) is 5.92 Å². The fourth-order valence-electron chi connectivity index (χ4n) is 2.48. The molecule has 2 rings (SSSR count). The summed E-state index contributed by atoms with van der Waals surface area (Å²) in [4.78, 5) is 21.5. The van der Waals surface area contributed by atoms with Crippen LogP contribution < -0.4 is 5.32 Å². The lowest BCUT2D eigenvalue weighted by Gasteiger charge is -2.11. The number of halogens is 1. The third-order valence-electron chi connectivity index (χ3n) is 3.73. The van der Waals surface area contributed by atoms with E-state index >= 15 is 0 Å². The lowest BCUT2D eigenvalue weighted by atomic mass is 10.0. The van der Waals surface area contributed by atoms with E-state index in [1.54, 1.807) is 0 Å². The molecule has 1 heterocycles. The molecule has 0 saturated carbocycles. The highest BCUT2D eigenvalue weighted by Gasteiger charge is 2.32. The van der Waals surface area contributed by atoms with Crippen LogP contribution in [0.2, 0.25) is 0 Å². The van der Waals surface area contributed by atoms with Gasteiger partial charge in [0, 0.05) is 23.9 Å². The number of rotatable bonds is 8. The maximum atomic E-state index is 12.1. The highest BCUT2D eigenvalue weighted by atomic mass is 35.5. The molecule has 1 aliphatic heterocycles. The van der Waals surface area contributed by atoms with Gasteiger partial charge in [0.25, 0.3) is 15.8 Å². The van der Waals surface area contributed by atoms with E-state index in [0.29, 0.717) is 25.1 Å². The minimum atomic E-state index is -4.04. The second kappa shape index (κ2) is 7.91. The summed E-state index contributed by atoms with van der Waals surface area (Å²) >= 11 is 5.61. The summed E-state index contributed by atoms with van der Waals surface area (Å²) in [5.74, 6) is 0.167. The van der Waals surface area contributed by atoms with Gasteiger partial charge in [-0.25, -0.2) is 0 Å². The molecule has 1 fully saturated rings. The van der Waals surface area contributed by atoms with E-state index in [4.69, 9.17) is 15.8 Å². The van der Waals surface area contributed by atoms with Gasteiger partial charge in [-0.3, -0.25) is 19.1 Å². The molecule has 0 bridgehead atoms. The standard InChI is InChI=1S/C14H17ClN2O6S/c15-7-1-2-10-8-11(16-14(10)18)9-23-24(21,22)13-5-3-12(4-6-13)17(19)20/h3-6,10-11H,1-2,7-9H2,(H,16,18)/t10-,11+/m1/s1. The van der Waals surface area contributed by atoms with E-state index in [0.717, 1.165) is 24.3 Å². The van der Waals surface area contributed by atoms with Gasteiger partial charge in [-0.1, -0.05) is 0 Å². The Hall–Kier alpha value is -1.71. The lowest BCUT2D eigenvalue weighted by Crippen LogP contribution is -2.31. The topological polar surface area (TPSA) is 116 Å². The predicted octanol–water partition coefficient (Wildman–Crippen LogP) is 1.82. The van der Waals surface area contributed by atoms with Crippen molar-refractivity contribution in [3.63, 3.8) is 0 Å². The number of hydrogen-bond acceptors (Lipinski definition) is 6. The van der Waals surface area contributed by atoms with Gasteiger partial charge in [0.1, 0.15) is 0 Å². The van der Waals surface area contributed by atoms with Gasteiger partial charge >= 0.3 is 0 Å². The van der Waals surface area contributed by atoms with Gasteiger partial charge < -0.3 is 5.32 Å². The van der Waals surface area contributed by atoms with Crippen LogP contribution in [0.1, 0.15) is 19.3 Å². The van der Waals surface area contributed by atoms with Crippen molar-refractivity contribution in [1.29, 1.82) is 0 Å². The Bertz CT molecular complexity index is 706. The second-order valence-corrected chi connectivity index (χ2v) is 7.45. The molecule has 1 saturated heterocycles. The molecule has 0 unspecified atom stereocenters. The number of nitrogens with one attached hydrogen (secondary N) is 1. The number of carbonyl (C=O) groups excluding carboxylic acids is 1. The molecule has 0 spiro atoms. The Morgan fingerprint density at radius 1 is 1.33 bits per heavy atom. The van der Waals surface area contributed by atoms with Crippen molar-refractivity contribution in [2.45, 2.75) is 30.2 Å². The zero-order chi connectivity index (χ0) is 17.7. The molecule has 1 N–H and O–H groups in total. The van der Waals surface area contributed by atoms with Crippen LogP contribution in [-0.4, -0.2) is 37.8 Å². The minimum Gasteiger partial charge on any atom is -0.351 e. The fraction of sp³-hybridized carbons (Fsp3) is 0.500. The molecule has 1 aliphatic rings. The van der Waals surface area contributed by atoms with Crippen molar-refractivity contribution in [2.75, 3.05) is 12.5 Å². The first-order valence-electron chi connectivity index (χ1n) is 7.33. The normalized spacial score (nSPS) is 20.8. The summed E-state index contributed by atoms with van der Waals surface area (Å²) < 4.78 is 29.1. The molecule has 1 amide bonds. The maximum absolute atomic E-state index is 12.1. The summed E-state index contributed by atoms with van der Waals surface area (Å²) in [5, 5.41) is 13.3. The zero-order valence-electron chi connectivity index (χ0n) is 12.7. The Labute approximate surface area is 144 Å². The number of nitrogens with zero attached hydrogens (tertiary/aromatic N) is 1. The van der Waals surface area contributed by atoms with Gasteiger partial charge in [-0.05, 0) is 31.4 Å². The Balaban J connectivity index is 1.93. The Morgan fingerprint density at radius 3 is 2.58 bits per heavy atom. The molecule has 8 nitrogen and oxygen atoms in total. The molecule has 0 aromatic heterocycles. The van der Waals surface area contributed by atoms with Crippen LogP contribution in [0, 0.1) is 16.0 Å². The van der Waals surface area contributed by atoms with Gasteiger partial charge in [-0.2, -0.15) is 8.42 Å². The van der Waals surface area contributed by atoms with E-state index in [2.05, 4.69) is 5.32 Å². The van der Waals surface area contributed by atoms with Crippen molar-refractivity contribution in [3.05, 3.63) is 34.4 Å². The summed E-state index contributed by atoms with van der Waals surface area (Å²) in [6, 6.07) is 4.03. The lowest BCUT2D eigenvalue weighted by molar-refractivity contribution is -0.384. The van der Waals surface area contributed by atoms with Crippen LogP contribution >= 0.6 is 11.6 Å². The van der Waals surface area contributed by atoms with Crippen LogP contribution in [-0.2, 0) is 19.1 Å². The third kappa shape index (κ3) is 4.65. The highest BCUT2D eigenvalue weighted by Crippen LogP contribution is 2.23. The van der Waals surface area contributed by atoms with Crippen molar-refractivity contribution in [3.8, 4) is 0 Å². The Kier molecular flexibility index (Phi) is 6.14. The van der Waals surface area contributed by atoms with Crippen LogP contribution in [0.4, 0.5) is 5.69 Å². The van der Waals surface area contributed by atoms with Gasteiger partial charge in [0.05, 0.1) is 22.5 Å². The smallest absolute Gasteiger partial charge is 0.297 e. The average Bonchev–Trinajstić information content (AvgIpc) is 2.91. The fourth-order valence-corrected chi connectivity index (χ4v) is 3.59. The maximum Gasteiger partial charge on any atom is 0.297 e. The van der Waals surface area contributed by atoms with Crippen LogP contribution in [0.5, 0.6) is 0 Å². The first kappa shape index (κ1) is 18.6. The van der Waals surface area contributed by atoms with Gasteiger partial charge in [0.2, 0.25) is 5.91 Å². The largest absolute Gasteiger partial charge is 0.351 e. The molecule has 132 valence electrons. The van der Waals surface area contributed by atoms with Crippen LogP contribution in [0.15, 0.2) is 29.2 Å². The third-order valence-corrected chi connectivity index (χ3v) is 5.30. The van der Waals surface area contributed by atoms with E-state index in [9.17, 15) is 23.3 Å². The SMILES string of the molecule is O=C1N[C@H](COS(=O)(=O)c2ccc([N+](=O)[O-])cc2)C[C@H]1CCCCl. The zero-order valence-corrected chi connectivity index (χ0v) is 14.3. The monoisotopic (exact) mass is 376 g/mol. The number of alkyl halides is 1. The van der Waals surface area contributed by atoms with Crippen molar-refractivity contribution >= 4 is 33.3 Å². The van der Waals surface area contributed by atoms with Gasteiger partial charge in [-0.15, -0.1) is 11.6 Å². The first-order chi connectivity index (χ1) is 11.3. The molecule has 1 aromatic carbocycles. The molecule has 0 radical (unpaired) electrons. The van der Waals surface area contributed by atoms with E-state index in [1.807, 2.05) is 0 Å². The molecular weight excluding hydrogens is 360 g/mol. The number of non-ortho nitro benzene ring substituents is 1. The number of amides is 1. The Morgan fingerprint density at radius 2 is 2.00 bits per heavy atom. The van der Waals surface area contributed by atoms with E-state index in [1.165, 1.54) is 0 Å². The molecular formula is C14H17ClN2O6S. The van der Waals surface area contributed by atoms with E-state index < -0.39 is 15.0 Å². The van der Waals surface area contributed by atoms with Crippen molar-refractivity contribution < 1.29 is 22.3 Å². The number of hydrogen-bond donors (Lipinski definition) is 1. The molecule has 0 aliphatic carbocycles. The molecule has 1 aromatic rings. The minimum absolute atomic E-state index is 0.124. The number of nitro benzene ring substituents is 1. The summed E-state index contributed by atoms with van der Waals surface area (Å²) in [6.07, 6.45) is 1.86.